The Morgan fingerprint density at radius 1 is 1.20 bits per heavy atom. The number of aromatic nitrogens is 1. The summed E-state index contributed by atoms with van der Waals surface area (Å²) in [7, 11) is 0. The van der Waals surface area contributed by atoms with Gasteiger partial charge in [0, 0.05) is 11.5 Å². The topological polar surface area (TPSA) is 52.0 Å². The van der Waals surface area contributed by atoms with Crippen LogP contribution in [0.3, 0.4) is 0 Å². The third kappa shape index (κ3) is 1.73. The van der Waals surface area contributed by atoms with E-state index in [4.69, 9.17) is 10.3 Å². The molecule has 0 unspecified atom stereocenters. The number of nitrogens with zero attached hydrogens (tertiary/aromatic N) is 1. The van der Waals surface area contributed by atoms with Gasteiger partial charge < -0.3 is 10.3 Å². The summed E-state index contributed by atoms with van der Waals surface area (Å²) in [6, 6.07) is 11.9. The Bertz CT molecular complexity index is 446. The Balaban J connectivity index is 2.43. The SMILES string of the molecule is CC(C)(c1ccccc1)c1cc(N)on1. The second-order valence-corrected chi connectivity index (χ2v) is 4.11. The maximum atomic E-state index is 5.52. The van der Waals surface area contributed by atoms with Crippen LogP contribution in [0, 0.1) is 0 Å². The summed E-state index contributed by atoms with van der Waals surface area (Å²) in [6.07, 6.45) is 0. The zero-order chi connectivity index (χ0) is 10.9. The summed E-state index contributed by atoms with van der Waals surface area (Å²) >= 11 is 0. The number of hydrogen-bond donors (Lipinski definition) is 1. The van der Waals surface area contributed by atoms with Crippen LogP contribution in [0.25, 0.3) is 0 Å². The quantitative estimate of drug-likeness (QED) is 0.814. The second kappa shape index (κ2) is 3.42. The van der Waals surface area contributed by atoms with Crippen molar-refractivity contribution in [1.82, 2.24) is 5.16 Å². The smallest absolute Gasteiger partial charge is 0.222 e. The van der Waals surface area contributed by atoms with Crippen LogP contribution in [0.4, 0.5) is 5.88 Å². The minimum atomic E-state index is -0.178. The molecule has 0 aliphatic rings. The highest BCUT2D eigenvalue weighted by Crippen LogP contribution is 2.30. The number of rotatable bonds is 2. The van der Waals surface area contributed by atoms with Crippen molar-refractivity contribution in [2.75, 3.05) is 5.73 Å². The normalized spacial score (nSPS) is 11.6. The molecule has 78 valence electrons. The molecule has 0 saturated carbocycles. The van der Waals surface area contributed by atoms with E-state index < -0.39 is 0 Å². The van der Waals surface area contributed by atoms with Gasteiger partial charge in [0.1, 0.15) is 0 Å². The molecule has 0 radical (unpaired) electrons. The fourth-order valence-corrected chi connectivity index (χ4v) is 1.59. The standard InChI is InChI=1S/C12H14N2O/c1-12(2,9-6-4-3-5-7-9)10-8-11(13)15-14-10/h3-8H,13H2,1-2H3. The molecule has 2 rings (SSSR count). The van der Waals surface area contributed by atoms with Gasteiger partial charge in [-0.1, -0.05) is 49.3 Å². The first-order chi connectivity index (χ1) is 7.10. The molecule has 2 N–H and O–H groups in total. The Morgan fingerprint density at radius 3 is 2.40 bits per heavy atom. The monoisotopic (exact) mass is 202 g/mol. The molecule has 0 fully saturated rings. The van der Waals surface area contributed by atoms with Crippen LogP contribution >= 0.6 is 0 Å². The van der Waals surface area contributed by atoms with E-state index in [1.807, 2.05) is 18.2 Å². The van der Waals surface area contributed by atoms with E-state index >= 15 is 0 Å². The molecule has 1 aromatic heterocycles. The molecular formula is C12H14N2O. The van der Waals surface area contributed by atoms with Crippen molar-refractivity contribution in [1.29, 1.82) is 0 Å². The summed E-state index contributed by atoms with van der Waals surface area (Å²) in [5.41, 5.74) is 7.39. The van der Waals surface area contributed by atoms with Crippen LogP contribution in [0.5, 0.6) is 0 Å². The van der Waals surface area contributed by atoms with Crippen molar-refractivity contribution in [3.05, 3.63) is 47.7 Å². The lowest BCUT2D eigenvalue weighted by atomic mass is 9.82. The first-order valence-corrected chi connectivity index (χ1v) is 4.89. The van der Waals surface area contributed by atoms with Crippen molar-refractivity contribution in [3.8, 4) is 0 Å². The molecule has 0 spiro atoms. The van der Waals surface area contributed by atoms with Gasteiger partial charge in [0.05, 0.1) is 5.69 Å². The van der Waals surface area contributed by atoms with Gasteiger partial charge >= 0.3 is 0 Å². The maximum Gasteiger partial charge on any atom is 0.222 e. The van der Waals surface area contributed by atoms with Gasteiger partial charge in [-0.05, 0) is 5.56 Å². The molecule has 0 aliphatic heterocycles. The number of hydrogen-bond acceptors (Lipinski definition) is 3. The Hall–Kier alpha value is -1.77. The largest absolute Gasteiger partial charge is 0.368 e. The average Bonchev–Trinajstić information content (AvgIpc) is 2.67. The molecule has 2 aromatic rings. The van der Waals surface area contributed by atoms with Gasteiger partial charge in [-0.25, -0.2) is 0 Å². The van der Waals surface area contributed by atoms with E-state index in [0.717, 1.165) is 5.69 Å². The van der Waals surface area contributed by atoms with Crippen molar-refractivity contribution in [2.24, 2.45) is 0 Å². The van der Waals surface area contributed by atoms with Gasteiger partial charge in [0.2, 0.25) is 5.88 Å². The third-order valence-electron chi connectivity index (χ3n) is 2.66. The molecular weight excluding hydrogens is 188 g/mol. The summed E-state index contributed by atoms with van der Waals surface area (Å²) in [6.45, 7) is 4.19. The van der Waals surface area contributed by atoms with Crippen LogP contribution in [0.1, 0.15) is 25.1 Å². The van der Waals surface area contributed by atoms with E-state index in [2.05, 4.69) is 31.1 Å². The van der Waals surface area contributed by atoms with Gasteiger partial charge in [0.25, 0.3) is 0 Å². The Kier molecular flexibility index (Phi) is 2.23. The molecule has 0 saturated heterocycles. The van der Waals surface area contributed by atoms with Crippen LogP contribution in [0.2, 0.25) is 0 Å². The van der Waals surface area contributed by atoms with Crippen LogP contribution < -0.4 is 5.73 Å². The number of nitrogens with two attached hydrogens (primary N) is 1. The van der Waals surface area contributed by atoms with Crippen LogP contribution in [-0.2, 0) is 5.41 Å². The molecule has 0 amide bonds. The Labute approximate surface area is 88.9 Å². The molecule has 3 nitrogen and oxygen atoms in total. The van der Waals surface area contributed by atoms with Crippen molar-refractivity contribution in [2.45, 2.75) is 19.3 Å². The Morgan fingerprint density at radius 2 is 1.87 bits per heavy atom. The zero-order valence-corrected chi connectivity index (χ0v) is 8.90. The van der Waals surface area contributed by atoms with Crippen molar-refractivity contribution < 1.29 is 4.52 Å². The van der Waals surface area contributed by atoms with Crippen molar-refractivity contribution in [3.63, 3.8) is 0 Å². The van der Waals surface area contributed by atoms with Gasteiger partial charge in [-0.15, -0.1) is 0 Å². The summed E-state index contributed by atoms with van der Waals surface area (Å²) < 4.78 is 4.90. The number of benzene rings is 1. The van der Waals surface area contributed by atoms with Crippen LogP contribution in [-0.4, -0.2) is 5.16 Å². The van der Waals surface area contributed by atoms with E-state index in [-0.39, 0.29) is 5.41 Å². The molecule has 0 bridgehead atoms. The van der Waals surface area contributed by atoms with E-state index in [9.17, 15) is 0 Å². The van der Waals surface area contributed by atoms with E-state index in [0.29, 0.717) is 5.88 Å². The minimum Gasteiger partial charge on any atom is -0.368 e. The highest BCUT2D eigenvalue weighted by Gasteiger charge is 2.26. The molecule has 1 heterocycles. The molecule has 1 aromatic carbocycles. The maximum absolute atomic E-state index is 5.52. The molecule has 3 heteroatoms. The lowest BCUT2D eigenvalue weighted by molar-refractivity contribution is 0.411. The predicted octanol–water partition coefficient (Wildman–Crippen LogP) is 2.58. The average molecular weight is 202 g/mol. The highest BCUT2D eigenvalue weighted by atomic mass is 16.5. The fourth-order valence-electron chi connectivity index (χ4n) is 1.59. The van der Waals surface area contributed by atoms with E-state index in [1.54, 1.807) is 6.07 Å². The molecule has 0 atom stereocenters. The second-order valence-electron chi connectivity index (χ2n) is 4.11. The predicted molar refractivity (Wildman–Crippen MR) is 59.5 cm³/mol. The summed E-state index contributed by atoms with van der Waals surface area (Å²) in [5.74, 6) is 0.356. The van der Waals surface area contributed by atoms with Gasteiger partial charge in [-0.3, -0.25) is 0 Å². The van der Waals surface area contributed by atoms with Gasteiger partial charge in [-0.2, -0.15) is 0 Å². The fraction of sp³-hybridized carbons (Fsp3) is 0.250. The highest BCUT2D eigenvalue weighted by molar-refractivity contribution is 5.37. The molecule has 0 aliphatic carbocycles. The first-order valence-electron chi connectivity index (χ1n) is 4.89. The minimum absolute atomic E-state index is 0.178. The van der Waals surface area contributed by atoms with Crippen LogP contribution in [0.15, 0.2) is 40.9 Å². The third-order valence-corrected chi connectivity index (χ3v) is 2.66. The summed E-state index contributed by atoms with van der Waals surface area (Å²) in [5, 5.41) is 3.96. The lowest BCUT2D eigenvalue weighted by Gasteiger charge is -2.21. The lowest BCUT2D eigenvalue weighted by Crippen LogP contribution is -2.19. The summed E-state index contributed by atoms with van der Waals surface area (Å²) in [4.78, 5) is 0. The zero-order valence-electron chi connectivity index (χ0n) is 8.90. The van der Waals surface area contributed by atoms with Crippen molar-refractivity contribution >= 4 is 5.88 Å². The first kappa shape index (κ1) is 9.77. The number of anilines is 1. The number of nitrogen functional groups attached to an aromatic ring is 1. The molecule has 15 heavy (non-hydrogen) atoms. The van der Waals surface area contributed by atoms with Gasteiger partial charge in [0.15, 0.2) is 0 Å². The van der Waals surface area contributed by atoms with E-state index in [1.165, 1.54) is 5.56 Å².